The van der Waals surface area contributed by atoms with Gasteiger partial charge in [-0.25, -0.2) is 0 Å². The van der Waals surface area contributed by atoms with Crippen LogP contribution in [0.1, 0.15) is 44.2 Å². The maximum atomic E-state index is 12.0. The van der Waals surface area contributed by atoms with Gasteiger partial charge in [0, 0.05) is 18.8 Å². The Morgan fingerprint density at radius 3 is 2.47 bits per heavy atom. The van der Waals surface area contributed by atoms with E-state index in [1.165, 1.54) is 0 Å². The SMILES string of the molecule is COC1(CC(=O)Nc2ccc(C(C)N)cc2)CCC1. The number of nitrogens with two attached hydrogens (primary N) is 1. The largest absolute Gasteiger partial charge is 0.378 e. The van der Waals surface area contributed by atoms with Crippen molar-refractivity contribution in [2.24, 2.45) is 5.73 Å². The van der Waals surface area contributed by atoms with Gasteiger partial charge in [0.05, 0.1) is 12.0 Å². The van der Waals surface area contributed by atoms with Crippen molar-refractivity contribution in [3.8, 4) is 0 Å². The summed E-state index contributed by atoms with van der Waals surface area (Å²) >= 11 is 0. The van der Waals surface area contributed by atoms with Gasteiger partial charge in [0.1, 0.15) is 0 Å². The third-order valence-corrected chi connectivity index (χ3v) is 3.90. The fourth-order valence-corrected chi connectivity index (χ4v) is 2.39. The van der Waals surface area contributed by atoms with Gasteiger partial charge >= 0.3 is 0 Å². The summed E-state index contributed by atoms with van der Waals surface area (Å²) in [6.07, 6.45) is 3.52. The topological polar surface area (TPSA) is 64.3 Å². The minimum atomic E-state index is -0.226. The van der Waals surface area contributed by atoms with E-state index in [1.54, 1.807) is 7.11 Å². The molecule has 1 saturated carbocycles. The van der Waals surface area contributed by atoms with Crippen molar-refractivity contribution < 1.29 is 9.53 Å². The fourth-order valence-electron chi connectivity index (χ4n) is 2.39. The monoisotopic (exact) mass is 262 g/mol. The van der Waals surface area contributed by atoms with Gasteiger partial charge in [-0.3, -0.25) is 4.79 Å². The molecule has 0 aliphatic heterocycles. The summed E-state index contributed by atoms with van der Waals surface area (Å²) in [5.74, 6) is 0.00935. The molecule has 4 heteroatoms. The van der Waals surface area contributed by atoms with Gasteiger partial charge in [-0.05, 0) is 43.9 Å². The molecule has 0 saturated heterocycles. The molecule has 0 bridgehead atoms. The molecule has 2 rings (SSSR count). The van der Waals surface area contributed by atoms with Crippen LogP contribution in [0.25, 0.3) is 0 Å². The zero-order valence-corrected chi connectivity index (χ0v) is 11.6. The highest BCUT2D eigenvalue weighted by molar-refractivity contribution is 5.91. The second kappa shape index (κ2) is 5.72. The number of nitrogens with one attached hydrogen (secondary N) is 1. The maximum absolute atomic E-state index is 12.0. The first kappa shape index (κ1) is 14.0. The van der Waals surface area contributed by atoms with Crippen LogP contribution in [0.15, 0.2) is 24.3 Å². The molecule has 1 fully saturated rings. The number of carbonyl (C=O) groups is 1. The van der Waals surface area contributed by atoms with E-state index in [0.29, 0.717) is 6.42 Å². The van der Waals surface area contributed by atoms with Crippen molar-refractivity contribution in [1.82, 2.24) is 0 Å². The quantitative estimate of drug-likeness (QED) is 0.857. The number of rotatable bonds is 5. The van der Waals surface area contributed by atoms with Gasteiger partial charge in [-0.1, -0.05) is 12.1 Å². The van der Waals surface area contributed by atoms with Crippen LogP contribution < -0.4 is 11.1 Å². The number of ether oxygens (including phenoxy) is 1. The molecule has 1 aromatic carbocycles. The molecule has 0 aromatic heterocycles. The van der Waals surface area contributed by atoms with E-state index in [2.05, 4.69) is 5.32 Å². The minimum absolute atomic E-state index is 0.00935. The first-order valence-electron chi connectivity index (χ1n) is 6.75. The Kier molecular flexibility index (Phi) is 4.22. The highest BCUT2D eigenvalue weighted by Gasteiger charge is 2.38. The molecule has 1 aliphatic carbocycles. The highest BCUT2D eigenvalue weighted by Crippen LogP contribution is 2.38. The lowest BCUT2D eigenvalue weighted by Crippen LogP contribution is -2.42. The van der Waals surface area contributed by atoms with Gasteiger partial charge in [0.25, 0.3) is 0 Å². The molecule has 1 aromatic rings. The highest BCUT2D eigenvalue weighted by atomic mass is 16.5. The molecule has 1 unspecified atom stereocenters. The van der Waals surface area contributed by atoms with E-state index in [4.69, 9.17) is 10.5 Å². The van der Waals surface area contributed by atoms with Crippen molar-refractivity contribution in [2.75, 3.05) is 12.4 Å². The molecule has 19 heavy (non-hydrogen) atoms. The standard InChI is InChI=1S/C15H22N2O2/c1-11(16)12-4-6-13(7-5-12)17-14(18)10-15(19-2)8-3-9-15/h4-7,11H,3,8-10,16H2,1-2H3,(H,17,18). The zero-order valence-electron chi connectivity index (χ0n) is 11.6. The Morgan fingerprint density at radius 1 is 1.42 bits per heavy atom. The van der Waals surface area contributed by atoms with Crippen LogP contribution in [-0.4, -0.2) is 18.6 Å². The summed E-state index contributed by atoms with van der Waals surface area (Å²) in [5, 5.41) is 2.91. The lowest BCUT2D eigenvalue weighted by atomic mass is 9.77. The van der Waals surface area contributed by atoms with E-state index in [1.807, 2.05) is 31.2 Å². The molecule has 4 nitrogen and oxygen atoms in total. The number of carbonyl (C=O) groups excluding carboxylic acids is 1. The van der Waals surface area contributed by atoms with Crippen molar-refractivity contribution in [2.45, 2.75) is 44.2 Å². The van der Waals surface area contributed by atoms with Crippen LogP contribution in [0.3, 0.4) is 0 Å². The van der Waals surface area contributed by atoms with Gasteiger partial charge in [0.15, 0.2) is 0 Å². The van der Waals surface area contributed by atoms with Crippen molar-refractivity contribution in [3.63, 3.8) is 0 Å². The number of anilines is 1. The van der Waals surface area contributed by atoms with Crippen LogP contribution in [0.2, 0.25) is 0 Å². The first-order valence-corrected chi connectivity index (χ1v) is 6.75. The van der Waals surface area contributed by atoms with Gasteiger partial charge < -0.3 is 15.8 Å². The third-order valence-electron chi connectivity index (χ3n) is 3.90. The molecule has 3 N–H and O–H groups in total. The molecule has 1 atom stereocenters. The second-order valence-corrected chi connectivity index (χ2v) is 5.38. The number of amides is 1. The third kappa shape index (κ3) is 3.33. The van der Waals surface area contributed by atoms with Gasteiger partial charge in [-0.15, -0.1) is 0 Å². The van der Waals surface area contributed by atoms with Crippen LogP contribution in [0.4, 0.5) is 5.69 Å². The predicted octanol–water partition coefficient (Wildman–Crippen LogP) is 2.60. The Balaban J connectivity index is 1.91. The molecular weight excluding hydrogens is 240 g/mol. The van der Waals surface area contributed by atoms with Crippen molar-refractivity contribution >= 4 is 11.6 Å². The normalized spacial score (nSPS) is 18.5. The van der Waals surface area contributed by atoms with E-state index < -0.39 is 0 Å². The van der Waals surface area contributed by atoms with E-state index in [9.17, 15) is 4.79 Å². The summed E-state index contributed by atoms with van der Waals surface area (Å²) in [5.41, 5.74) is 7.43. The number of hydrogen-bond donors (Lipinski definition) is 2. The molecule has 0 radical (unpaired) electrons. The molecule has 0 spiro atoms. The fraction of sp³-hybridized carbons (Fsp3) is 0.533. The lowest BCUT2D eigenvalue weighted by molar-refractivity contribution is -0.129. The number of methoxy groups -OCH3 is 1. The molecule has 104 valence electrons. The van der Waals surface area contributed by atoms with Gasteiger partial charge in [-0.2, -0.15) is 0 Å². The Labute approximate surface area is 114 Å². The summed E-state index contributed by atoms with van der Waals surface area (Å²) < 4.78 is 5.46. The number of hydrogen-bond acceptors (Lipinski definition) is 3. The van der Waals surface area contributed by atoms with Crippen LogP contribution >= 0.6 is 0 Å². The maximum Gasteiger partial charge on any atom is 0.227 e. The number of benzene rings is 1. The summed E-state index contributed by atoms with van der Waals surface area (Å²) in [6.45, 7) is 1.94. The second-order valence-electron chi connectivity index (χ2n) is 5.38. The zero-order chi connectivity index (χ0) is 13.9. The summed E-state index contributed by atoms with van der Waals surface area (Å²) in [7, 11) is 1.68. The Hall–Kier alpha value is -1.39. The van der Waals surface area contributed by atoms with E-state index >= 15 is 0 Å². The van der Waals surface area contributed by atoms with Crippen LogP contribution in [0.5, 0.6) is 0 Å². The molecule has 1 aliphatic rings. The van der Waals surface area contributed by atoms with Gasteiger partial charge in [0.2, 0.25) is 5.91 Å². The van der Waals surface area contributed by atoms with E-state index in [-0.39, 0.29) is 17.6 Å². The van der Waals surface area contributed by atoms with Crippen molar-refractivity contribution in [1.29, 1.82) is 0 Å². The van der Waals surface area contributed by atoms with E-state index in [0.717, 1.165) is 30.5 Å². The van der Waals surface area contributed by atoms with Crippen LogP contribution in [0, 0.1) is 0 Å². The molecular formula is C15H22N2O2. The summed E-state index contributed by atoms with van der Waals surface area (Å²) in [4.78, 5) is 12.0. The average Bonchev–Trinajstić information content (AvgIpc) is 2.34. The lowest BCUT2D eigenvalue weighted by Gasteiger charge is -2.39. The first-order chi connectivity index (χ1) is 9.04. The Bertz CT molecular complexity index is 430. The smallest absolute Gasteiger partial charge is 0.227 e. The Morgan fingerprint density at radius 2 is 2.05 bits per heavy atom. The summed E-state index contributed by atoms with van der Waals surface area (Å²) in [6, 6.07) is 7.66. The predicted molar refractivity (Wildman–Crippen MR) is 75.9 cm³/mol. The average molecular weight is 262 g/mol. The minimum Gasteiger partial charge on any atom is -0.378 e. The molecule has 1 amide bonds. The molecule has 0 heterocycles. The van der Waals surface area contributed by atoms with Crippen LogP contribution in [-0.2, 0) is 9.53 Å². The van der Waals surface area contributed by atoms with Crippen molar-refractivity contribution in [3.05, 3.63) is 29.8 Å².